The van der Waals surface area contributed by atoms with Crippen molar-refractivity contribution in [2.45, 2.75) is 0 Å². The van der Waals surface area contributed by atoms with Gasteiger partial charge >= 0.3 is 0 Å². The molecule has 0 aliphatic carbocycles. The lowest BCUT2D eigenvalue weighted by molar-refractivity contribution is 0.617. The molecule has 1 N–H and O–H groups in total. The van der Waals surface area contributed by atoms with Crippen LogP contribution in [0, 0.1) is 21.9 Å². The first-order valence-electron chi connectivity index (χ1n) is 4.31. The van der Waals surface area contributed by atoms with Gasteiger partial charge in [0.25, 0.3) is 0 Å². The summed E-state index contributed by atoms with van der Waals surface area (Å²) in [6, 6.07) is 3.46. The monoisotopic (exact) mass is 232 g/mol. The quantitative estimate of drug-likeness (QED) is 0.765. The summed E-state index contributed by atoms with van der Waals surface area (Å²) >= 11 is 4.80. The van der Waals surface area contributed by atoms with Crippen LogP contribution in [0.4, 0.5) is 4.39 Å². The number of nitriles is 1. The minimum Gasteiger partial charge on any atom is -0.328 e. The van der Waals surface area contributed by atoms with E-state index in [0.29, 0.717) is 11.1 Å². The molecule has 0 amide bonds. The Balaban J connectivity index is 2.63. The lowest BCUT2D eigenvalue weighted by Crippen LogP contribution is -1.93. The summed E-state index contributed by atoms with van der Waals surface area (Å²) in [5, 5.41) is 8.71. The molecule has 2 heterocycles. The SMILES string of the molecule is N#Cc1cncc(-c2[nH]c(=S)ncc2F)c1. The molecule has 0 saturated heterocycles. The number of H-pyrrole nitrogens is 1. The molecule has 0 radical (unpaired) electrons. The molecule has 2 aromatic heterocycles. The fourth-order valence-electron chi connectivity index (χ4n) is 1.23. The number of rotatable bonds is 1. The van der Waals surface area contributed by atoms with Crippen molar-refractivity contribution in [1.29, 1.82) is 5.26 Å². The molecule has 4 nitrogen and oxygen atoms in total. The van der Waals surface area contributed by atoms with Crippen molar-refractivity contribution in [3.8, 4) is 17.3 Å². The number of hydrogen-bond donors (Lipinski definition) is 1. The van der Waals surface area contributed by atoms with E-state index in [1.165, 1.54) is 18.5 Å². The average molecular weight is 232 g/mol. The van der Waals surface area contributed by atoms with Crippen LogP contribution in [0.3, 0.4) is 0 Å². The predicted molar refractivity (Wildman–Crippen MR) is 57.3 cm³/mol. The zero-order chi connectivity index (χ0) is 11.5. The normalized spacial score (nSPS) is 9.75. The van der Waals surface area contributed by atoms with Gasteiger partial charge in [0.2, 0.25) is 0 Å². The van der Waals surface area contributed by atoms with Gasteiger partial charge in [-0.05, 0) is 18.3 Å². The van der Waals surface area contributed by atoms with Gasteiger partial charge in [-0.25, -0.2) is 9.37 Å². The largest absolute Gasteiger partial charge is 0.328 e. The lowest BCUT2D eigenvalue weighted by atomic mass is 10.1. The first-order chi connectivity index (χ1) is 7.70. The highest BCUT2D eigenvalue weighted by Gasteiger charge is 2.06. The lowest BCUT2D eigenvalue weighted by Gasteiger charge is -2.02. The van der Waals surface area contributed by atoms with Gasteiger partial charge in [-0.2, -0.15) is 5.26 Å². The van der Waals surface area contributed by atoms with Gasteiger partial charge in [0.05, 0.1) is 17.5 Å². The third-order valence-electron chi connectivity index (χ3n) is 1.92. The third kappa shape index (κ3) is 1.94. The summed E-state index contributed by atoms with van der Waals surface area (Å²) in [6.45, 7) is 0. The van der Waals surface area contributed by atoms with Gasteiger partial charge in [0.1, 0.15) is 6.07 Å². The second-order valence-corrected chi connectivity index (χ2v) is 3.37. The Hall–Kier alpha value is -2.13. The van der Waals surface area contributed by atoms with E-state index in [9.17, 15) is 4.39 Å². The fourth-order valence-corrected chi connectivity index (χ4v) is 1.38. The van der Waals surface area contributed by atoms with E-state index in [4.69, 9.17) is 17.5 Å². The van der Waals surface area contributed by atoms with E-state index in [2.05, 4.69) is 15.0 Å². The molecule has 0 fully saturated rings. The smallest absolute Gasteiger partial charge is 0.197 e. The molecule has 2 rings (SSSR count). The van der Waals surface area contributed by atoms with Crippen molar-refractivity contribution in [2.75, 3.05) is 0 Å². The number of nitrogens with zero attached hydrogens (tertiary/aromatic N) is 3. The van der Waals surface area contributed by atoms with Gasteiger partial charge in [0, 0.05) is 18.0 Å². The first-order valence-corrected chi connectivity index (χ1v) is 4.72. The van der Waals surface area contributed by atoms with E-state index in [1.807, 2.05) is 6.07 Å². The topological polar surface area (TPSA) is 65.4 Å². The molecule has 0 bridgehead atoms. The van der Waals surface area contributed by atoms with E-state index in [0.717, 1.165) is 6.20 Å². The predicted octanol–water partition coefficient (Wildman–Crippen LogP) is 2.21. The summed E-state index contributed by atoms with van der Waals surface area (Å²) < 4.78 is 13.6. The highest BCUT2D eigenvalue weighted by Crippen LogP contribution is 2.19. The molecule has 0 aliphatic heterocycles. The van der Waals surface area contributed by atoms with Crippen molar-refractivity contribution in [3.05, 3.63) is 40.8 Å². The summed E-state index contributed by atoms with van der Waals surface area (Å²) in [5.41, 5.74) is 1.00. The van der Waals surface area contributed by atoms with Gasteiger partial charge in [0.15, 0.2) is 10.6 Å². The number of nitrogens with one attached hydrogen (secondary N) is 1. The minimum absolute atomic E-state index is 0.179. The van der Waals surface area contributed by atoms with Crippen molar-refractivity contribution in [3.63, 3.8) is 0 Å². The van der Waals surface area contributed by atoms with Gasteiger partial charge in [-0.15, -0.1) is 0 Å². The molecule has 0 aliphatic rings. The third-order valence-corrected chi connectivity index (χ3v) is 2.13. The average Bonchev–Trinajstić information content (AvgIpc) is 2.32. The molecule has 2 aromatic rings. The molecule has 6 heteroatoms. The number of pyridine rings is 1. The van der Waals surface area contributed by atoms with Gasteiger partial charge < -0.3 is 4.98 Å². The molecular formula is C10H5FN4S. The van der Waals surface area contributed by atoms with Crippen LogP contribution in [-0.4, -0.2) is 15.0 Å². The second-order valence-electron chi connectivity index (χ2n) is 2.99. The molecule has 16 heavy (non-hydrogen) atoms. The van der Waals surface area contributed by atoms with Crippen LogP contribution in [-0.2, 0) is 0 Å². The zero-order valence-corrected chi connectivity index (χ0v) is 8.75. The van der Waals surface area contributed by atoms with Crippen LogP contribution in [0.1, 0.15) is 5.56 Å². The van der Waals surface area contributed by atoms with Gasteiger partial charge in [-0.3, -0.25) is 4.98 Å². The standard InChI is InChI=1S/C10H5FN4S/c11-8-5-14-10(16)15-9(8)7-1-6(2-12)3-13-4-7/h1,3-5H,(H,14,15,16). The maximum absolute atomic E-state index is 13.4. The Morgan fingerprint density at radius 1 is 1.38 bits per heavy atom. The summed E-state index contributed by atoms with van der Waals surface area (Å²) in [5.74, 6) is -0.537. The second kappa shape index (κ2) is 4.16. The van der Waals surface area contributed by atoms with Crippen molar-refractivity contribution < 1.29 is 4.39 Å². The molecule has 0 saturated carbocycles. The van der Waals surface area contributed by atoms with Crippen molar-refractivity contribution in [2.24, 2.45) is 0 Å². The Morgan fingerprint density at radius 3 is 2.94 bits per heavy atom. The first kappa shape index (κ1) is 10.4. The van der Waals surface area contributed by atoms with E-state index in [-0.39, 0.29) is 10.5 Å². The van der Waals surface area contributed by atoms with Gasteiger partial charge in [-0.1, -0.05) is 0 Å². The highest BCUT2D eigenvalue weighted by molar-refractivity contribution is 7.71. The molecule has 0 spiro atoms. The fraction of sp³-hybridized carbons (Fsp3) is 0. The van der Waals surface area contributed by atoms with Crippen molar-refractivity contribution >= 4 is 12.2 Å². The Kier molecular flexibility index (Phi) is 2.70. The molecule has 0 aromatic carbocycles. The maximum Gasteiger partial charge on any atom is 0.197 e. The van der Waals surface area contributed by atoms with Crippen LogP contribution in [0.25, 0.3) is 11.3 Å². The maximum atomic E-state index is 13.4. The summed E-state index contributed by atoms with van der Waals surface area (Å²) in [6.07, 6.45) is 3.88. The highest BCUT2D eigenvalue weighted by atomic mass is 32.1. The molecule has 0 unspecified atom stereocenters. The van der Waals surface area contributed by atoms with E-state index in [1.54, 1.807) is 0 Å². The van der Waals surface area contributed by atoms with Crippen LogP contribution in [0.2, 0.25) is 0 Å². The Bertz CT molecular complexity index is 629. The summed E-state index contributed by atoms with van der Waals surface area (Å²) in [7, 11) is 0. The number of hydrogen-bond acceptors (Lipinski definition) is 4. The Morgan fingerprint density at radius 2 is 2.19 bits per heavy atom. The van der Waals surface area contributed by atoms with Crippen molar-refractivity contribution in [1.82, 2.24) is 15.0 Å². The summed E-state index contributed by atoms with van der Waals surface area (Å²) in [4.78, 5) is 10.1. The Labute approximate surface area is 95.4 Å². The minimum atomic E-state index is -0.537. The number of aromatic nitrogens is 3. The number of aromatic amines is 1. The van der Waals surface area contributed by atoms with E-state index >= 15 is 0 Å². The molecule has 0 atom stereocenters. The molecule has 78 valence electrons. The van der Waals surface area contributed by atoms with E-state index < -0.39 is 5.82 Å². The van der Waals surface area contributed by atoms with Crippen LogP contribution in [0.5, 0.6) is 0 Å². The zero-order valence-electron chi connectivity index (χ0n) is 7.94. The molecular weight excluding hydrogens is 227 g/mol. The van der Waals surface area contributed by atoms with Crippen LogP contribution in [0.15, 0.2) is 24.7 Å². The number of halogens is 1. The van der Waals surface area contributed by atoms with Crippen LogP contribution < -0.4 is 0 Å². The van der Waals surface area contributed by atoms with Crippen LogP contribution >= 0.6 is 12.2 Å².